The molecule has 1 amide bonds. The highest BCUT2D eigenvalue weighted by Crippen LogP contribution is 2.38. The average Bonchev–Trinajstić information content (AvgIpc) is 3.47. The molecule has 0 atom stereocenters. The molecule has 0 unspecified atom stereocenters. The number of anilines is 1. The molecule has 1 aromatic carbocycles. The number of nitrogens with zero attached hydrogens (tertiary/aromatic N) is 2. The van der Waals surface area contributed by atoms with E-state index in [4.69, 9.17) is 5.73 Å². The Hall–Kier alpha value is -2.63. The van der Waals surface area contributed by atoms with E-state index in [9.17, 15) is 9.59 Å². The zero-order valence-electron chi connectivity index (χ0n) is 19.8. The van der Waals surface area contributed by atoms with Gasteiger partial charge in [-0.15, -0.1) is 0 Å². The lowest BCUT2D eigenvalue weighted by atomic mass is 9.71. The van der Waals surface area contributed by atoms with E-state index in [2.05, 4.69) is 31.2 Å². The van der Waals surface area contributed by atoms with Gasteiger partial charge in [-0.1, -0.05) is 32.9 Å². The number of nitrogens with one attached hydrogen (secondary N) is 1. The quantitative estimate of drug-likeness (QED) is 0.618. The number of nitrogen functional groups attached to an aromatic ring is 1. The van der Waals surface area contributed by atoms with E-state index in [1.165, 1.54) is 6.20 Å². The summed E-state index contributed by atoms with van der Waals surface area (Å²) in [7, 11) is 0. The molecule has 2 fully saturated rings. The van der Waals surface area contributed by atoms with E-state index < -0.39 is 0 Å². The highest BCUT2D eigenvalue weighted by Gasteiger charge is 2.31. The van der Waals surface area contributed by atoms with Crippen LogP contribution in [0.15, 0.2) is 24.4 Å². The number of aryl methyl sites for hydroxylation is 1. The monoisotopic (exact) mass is 436 g/mol. The fourth-order valence-corrected chi connectivity index (χ4v) is 4.80. The second kappa shape index (κ2) is 8.72. The molecule has 2 aliphatic carbocycles. The molecule has 1 aromatic heterocycles. The number of nitrogens with two attached hydrogens (primary N) is 1. The molecule has 0 bridgehead atoms. The molecule has 0 radical (unpaired) electrons. The SMILES string of the molecule is Cc1ccc(C(=O)CC2CC2)cc1-n1ncc(C(=O)NC2CCC(C(C)(C)C)CC2)c1N. The van der Waals surface area contributed by atoms with Crippen LogP contribution in [0.4, 0.5) is 5.82 Å². The largest absolute Gasteiger partial charge is 0.383 e. The number of hydrogen-bond donors (Lipinski definition) is 2. The lowest BCUT2D eigenvalue weighted by Gasteiger charge is -2.37. The lowest BCUT2D eigenvalue weighted by Crippen LogP contribution is -2.39. The number of ketones is 1. The average molecular weight is 437 g/mol. The third-order valence-corrected chi connectivity index (χ3v) is 7.27. The topological polar surface area (TPSA) is 90.0 Å². The van der Waals surface area contributed by atoms with Crippen LogP contribution in [0.2, 0.25) is 0 Å². The third kappa shape index (κ3) is 4.89. The van der Waals surface area contributed by atoms with E-state index in [0.29, 0.717) is 40.6 Å². The minimum Gasteiger partial charge on any atom is -0.383 e. The number of aromatic nitrogens is 2. The minimum atomic E-state index is -0.174. The summed E-state index contributed by atoms with van der Waals surface area (Å²) in [5.41, 5.74) is 9.43. The first kappa shape index (κ1) is 22.6. The van der Waals surface area contributed by atoms with Gasteiger partial charge >= 0.3 is 0 Å². The highest BCUT2D eigenvalue weighted by molar-refractivity contribution is 5.99. The predicted octanol–water partition coefficient (Wildman–Crippen LogP) is 5.08. The summed E-state index contributed by atoms with van der Waals surface area (Å²) in [4.78, 5) is 25.5. The van der Waals surface area contributed by atoms with Crippen molar-refractivity contribution in [3.8, 4) is 5.69 Å². The van der Waals surface area contributed by atoms with Crippen molar-refractivity contribution in [1.29, 1.82) is 0 Å². The number of amides is 1. The van der Waals surface area contributed by atoms with Crippen LogP contribution >= 0.6 is 0 Å². The van der Waals surface area contributed by atoms with Crippen LogP contribution in [0.25, 0.3) is 5.69 Å². The first-order valence-electron chi connectivity index (χ1n) is 11.9. The first-order chi connectivity index (χ1) is 15.1. The molecule has 6 heteroatoms. The Morgan fingerprint density at radius 2 is 1.81 bits per heavy atom. The van der Waals surface area contributed by atoms with E-state index in [-0.39, 0.29) is 17.7 Å². The van der Waals surface area contributed by atoms with Gasteiger partial charge in [-0.2, -0.15) is 5.10 Å². The molecule has 2 aromatic rings. The molecule has 0 aliphatic heterocycles. The van der Waals surface area contributed by atoms with Crippen LogP contribution in [0.5, 0.6) is 0 Å². The van der Waals surface area contributed by atoms with Gasteiger partial charge in [-0.05, 0) is 74.3 Å². The number of carbonyl (C=O) groups excluding carboxylic acids is 2. The standard InChI is InChI=1S/C26H36N4O2/c1-16-5-8-18(23(31)13-17-6-7-17)14-22(16)30-24(27)21(15-28-30)25(32)29-20-11-9-19(10-12-20)26(2,3)4/h5,8,14-15,17,19-20H,6-7,9-13,27H2,1-4H3,(H,29,32). The van der Waals surface area contributed by atoms with Gasteiger partial charge < -0.3 is 11.1 Å². The van der Waals surface area contributed by atoms with E-state index in [1.807, 2.05) is 25.1 Å². The van der Waals surface area contributed by atoms with Crippen LogP contribution in [-0.4, -0.2) is 27.5 Å². The van der Waals surface area contributed by atoms with Gasteiger partial charge in [0, 0.05) is 18.0 Å². The maximum atomic E-state index is 12.9. The molecular formula is C26H36N4O2. The van der Waals surface area contributed by atoms with Crippen LogP contribution < -0.4 is 11.1 Å². The van der Waals surface area contributed by atoms with Gasteiger partial charge in [0.2, 0.25) is 0 Å². The molecule has 32 heavy (non-hydrogen) atoms. The normalized spacial score (nSPS) is 21.4. The lowest BCUT2D eigenvalue weighted by molar-refractivity contribution is 0.0904. The van der Waals surface area contributed by atoms with Gasteiger partial charge in [0.05, 0.1) is 11.9 Å². The summed E-state index contributed by atoms with van der Waals surface area (Å²) in [6.07, 6.45) is 8.66. The van der Waals surface area contributed by atoms with Crippen molar-refractivity contribution in [2.45, 2.75) is 78.7 Å². The van der Waals surface area contributed by atoms with Gasteiger partial charge in [-0.3, -0.25) is 9.59 Å². The summed E-state index contributed by atoms with van der Waals surface area (Å²) in [6, 6.07) is 5.81. The molecular weight excluding hydrogens is 400 g/mol. The van der Waals surface area contributed by atoms with Crippen molar-refractivity contribution in [3.05, 3.63) is 41.1 Å². The van der Waals surface area contributed by atoms with Crippen molar-refractivity contribution >= 4 is 17.5 Å². The Balaban J connectivity index is 1.46. The van der Waals surface area contributed by atoms with Crippen molar-refractivity contribution in [3.63, 3.8) is 0 Å². The molecule has 0 spiro atoms. The number of benzene rings is 1. The zero-order valence-corrected chi connectivity index (χ0v) is 19.8. The predicted molar refractivity (Wildman–Crippen MR) is 127 cm³/mol. The van der Waals surface area contributed by atoms with E-state index in [1.54, 1.807) is 4.68 Å². The van der Waals surface area contributed by atoms with Gasteiger partial charge in [0.15, 0.2) is 5.78 Å². The van der Waals surface area contributed by atoms with Gasteiger partial charge in [0.1, 0.15) is 11.4 Å². The summed E-state index contributed by atoms with van der Waals surface area (Å²) in [6.45, 7) is 8.84. The zero-order chi connectivity index (χ0) is 23.0. The number of hydrogen-bond acceptors (Lipinski definition) is 4. The highest BCUT2D eigenvalue weighted by atomic mass is 16.1. The molecule has 1 heterocycles. The fourth-order valence-electron chi connectivity index (χ4n) is 4.80. The molecule has 4 rings (SSSR count). The molecule has 3 N–H and O–H groups in total. The third-order valence-electron chi connectivity index (χ3n) is 7.27. The van der Waals surface area contributed by atoms with Crippen LogP contribution in [-0.2, 0) is 0 Å². The van der Waals surface area contributed by atoms with Gasteiger partial charge in [-0.25, -0.2) is 4.68 Å². The molecule has 2 saturated carbocycles. The van der Waals surface area contributed by atoms with E-state index >= 15 is 0 Å². The maximum absolute atomic E-state index is 12.9. The summed E-state index contributed by atoms with van der Waals surface area (Å²) < 4.78 is 1.58. The Bertz CT molecular complexity index is 1010. The number of rotatable bonds is 6. The molecule has 172 valence electrons. The minimum absolute atomic E-state index is 0.156. The first-order valence-corrected chi connectivity index (χ1v) is 11.9. The van der Waals surface area contributed by atoms with Crippen LogP contribution in [0.3, 0.4) is 0 Å². The summed E-state index contributed by atoms with van der Waals surface area (Å²) in [5.74, 6) is 1.52. The van der Waals surface area contributed by atoms with Crippen LogP contribution in [0.1, 0.15) is 92.0 Å². The maximum Gasteiger partial charge on any atom is 0.256 e. The van der Waals surface area contributed by atoms with Crippen molar-refractivity contribution in [1.82, 2.24) is 15.1 Å². The van der Waals surface area contributed by atoms with E-state index in [0.717, 1.165) is 49.8 Å². The fraction of sp³-hybridized carbons (Fsp3) is 0.577. The second-order valence-electron chi connectivity index (χ2n) is 10.8. The number of Topliss-reactive ketones (excluding diaryl/α,β-unsaturated/α-hetero) is 1. The Morgan fingerprint density at radius 3 is 2.44 bits per heavy atom. The number of carbonyl (C=O) groups is 2. The Morgan fingerprint density at radius 1 is 1.12 bits per heavy atom. The van der Waals surface area contributed by atoms with Crippen molar-refractivity contribution in [2.75, 3.05) is 5.73 Å². The summed E-state index contributed by atoms with van der Waals surface area (Å²) >= 11 is 0. The smallest absolute Gasteiger partial charge is 0.256 e. The van der Waals surface area contributed by atoms with Gasteiger partial charge in [0.25, 0.3) is 5.91 Å². The summed E-state index contributed by atoms with van der Waals surface area (Å²) in [5, 5.41) is 7.56. The Kier molecular flexibility index (Phi) is 6.15. The Labute approximate surface area is 191 Å². The van der Waals surface area contributed by atoms with Crippen molar-refractivity contribution in [2.24, 2.45) is 17.3 Å². The second-order valence-corrected chi connectivity index (χ2v) is 10.8. The van der Waals surface area contributed by atoms with Crippen LogP contribution in [0, 0.1) is 24.2 Å². The molecule has 2 aliphatic rings. The molecule has 0 saturated heterocycles. The molecule has 6 nitrogen and oxygen atoms in total. The van der Waals surface area contributed by atoms with Crippen molar-refractivity contribution < 1.29 is 9.59 Å².